The predicted molar refractivity (Wildman–Crippen MR) is 261 cm³/mol. The molecule has 364 valence electrons. The van der Waals surface area contributed by atoms with Gasteiger partial charge in [-0.15, -0.1) is 0 Å². The molecule has 0 radical (unpaired) electrons. The van der Waals surface area contributed by atoms with Crippen LogP contribution in [0.25, 0.3) is 33.3 Å². The summed E-state index contributed by atoms with van der Waals surface area (Å²) >= 11 is 0. The van der Waals surface area contributed by atoms with Crippen LogP contribution in [-0.2, 0) is 52.8 Å². The molecule has 0 saturated carbocycles. The molecule has 7 rings (SSSR count). The number of aromatic hydroxyl groups is 1. The number of aromatic nitrogens is 2. The molecule has 2 fully saturated rings. The van der Waals surface area contributed by atoms with Crippen LogP contribution in [-0.4, -0.2) is 118 Å². The molecular weight excluding hydrogens is 863 g/mol. The van der Waals surface area contributed by atoms with Gasteiger partial charge in [-0.05, 0) is 110 Å². The van der Waals surface area contributed by atoms with Crippen LogP contribution in [0, 0.1) is 23.2 Å². The Hall–Kier alpha value is -6.06. The van der Waals surface area contributed by atoms with Gasteiger partial charge >= 0.3 is 5.97 Å². The second kappa shape index (κ2) is 21.1. The van der Waals surface area contributed by atoms with Crippen LogP contribution in [0.15, 0.2) is 67.4 Å². The third kappa shape index (κ3) is 10.6. The fourth-order valence-electron chi connectivity index (χ4n) is 10.2. The Morgan fingerprint density at radius 3 is 2.57 bits per heavy atom. The van der Waals surface area contributed by atoms with Gasteiger partial charge in [0.1, 0.15) is 17.8 Å². The number of likely N-dealkylation sites (tertiary alicyclic amines) is 1. The molecule has 5 heterocycles. The molecule has 2 saturated heterocycles. The first-order chi connectivity index (χ1) is 32.5. The smallest absolute Gasteiger partial charge is 0.324 e. The summed E-state index contributed by atoms with van der Waals surface area (Å²) in [5.41, 5.74) is 9.70. The maximum absolute atomic E-state index is 14.7. The van der Waals surface area contributed by atoms with Gasteiger partial charge in [0.2, 0.25) is 17.7 Å². The molecule has 68 heavy (non-hydrogen) atoms. The molecule has 15 nitrogen and oxygen atoms in total. The summed E-state index contributed by atoms with van der Waals surface area (Å²) in [6.07, 6.45) is 5.60. The van der Waals surface area contributed by atoms with Crippen molar-refractivity contribution in [2.24, 2.45) is 23.2 Å². The van der Waals surface area contributed by atoms with E-state index in [1.165, 1.54) is 11.1 Å². The number of nitrogens with one attached hydrogen (secondary N) is 2. The van der Waals surface area contributed by atoms with Crippen LogP contribution in [0.4, 0.5) is 0 Å². The van der Waals surface area contributed by atoms with Crippen LogP contribution in [0.2, 0.25) is 0 Å². The van der Waals surface area contributed by atoms with Gasteiger partial charge in [0.25, 0.3) is 5.91 Å². The van der Waals surface area contributed by atoms with Crippen molar-refractivity contribution in [1.82, 2.24) is 35.1 Å². The van der Waals surface area contributed by atoms with Crippen LogP contribution in [0.1, 0.15) is 90.2 Å². The number of pyridine rings is 1. The van der Waals surface area contributed by atoms with Gasteiger partial charge in [-0.25, -0.2) is 5.43 Å². The molecule has 2 aromatic carbocycles. The van der Waals surface area contributed by atoms with E-state index in [2.05, 4.69) is 67.8 Å². The van der Waals surface area contributed by atoms with Crippen molar-refractivity contribution in [3.8, 4) is 28.1 Å². The van der Waals surface area contributed by atoms with Crippen molar-refractivity contribution < 1.29 is 38.6 Å². The Morgan fingerprint density at radius 1 is 1.09 bits per heavy atom. The number of esters is 1. The summed E-state index contributed by atoms with van der Waals surface area (Å²) in [5.74, 6) is -3.01. The molecule has 2 aromatic heterocycles. The van der Waals surface area contributed by atoms with Gasteiger partial charge in [-0.3, -0.25) is 34.0 Å². The molecule has 4 aromatic rings. The van der Waals surface area contributed by atoms with Crippen molar-refractivity contribution >= 4 is 40.5 Å². The summed E-state index contributed by atoms with van der Waals surface area (Å²) in [6.45, 7) is 17.6. The number of carbonyl (C=O) groups excluding carboxylic acids is 5. The van der Waals surface area contributed by atoms with Crippen molar-refractivity contribution in [2.75, 3.05) is 46.9 Å². The second-order valence-electron chi connectivity index (χ2n) is 19.8. The zero-order valence-electron chi connectivity index (χ0n) is 41.0. The number of rotatable bonds is 12. The van der Waals surface area contributed by atoms with Crippen molar-refractivity contribution in [2.45, 2.75) is 105 Å². The molecule has 0 spiro atoms. The molecule has 3 aliphatic rings. The predicted octanol–water partition coefficient (Wildman–Crippen LogP) is 6.61. The van der Waals surface area contributed by atoms with Gasteiger partial charge < -0.3 is 34.3 Å². The molecular formula is C53H69N7O8. The minimum absolute atomic E-state index is 0.00208. The standard InChI is InChI=1S/C53H69N7O8/c1-10-45(67-9)47-38(15-13-20-54-47)48-40-28-53(6,7)31-68-52(66)42-16-14-21-60(56-42)51(65)43(25-33-23-36(26-37(61)24-33)34-17-18-44(39(40)27-34)59(48)12-3)55-49(63)41(32(4)5)30-57(8)50(64)35-19-22-58(29-35)46(62)11-2/h11,13,15,17-18,20,23-24,26-27,32,35,41-43,45,56,61H,2,10,12,14,16,19,21-22,25,28-31H2,1,3-9H3,(H,55,63)/t35-,41?,42-,43-,45-/m0/s1. The van der Waals surface area contributed by atoms with E-state index >= 15 is 0 Å². The molecule has 5 atom stereocenters. The van der Waals surface area contributed by atoms with Gasteiger partial charge in [0.15, 0.2) is 0 Å². The third-order valence-corrected chi connectivity index (χ3v) is 13.9. The summed E-state index contributed by atoms with van der Waals surface area (Å²) in [6, 6.07) is 13.7. The summed E-state index contributed by atoms with van der Waals surface area (Å²) in [7, 11) is 3.37. The van der Waals surface area contributed by atoms with Crippen molar-refractivity contribution in [1.29, 1.82) is 0 Å². The minimum Gasteiger partial charge on any atom is -0.508 e. The number of hydrogen-bond donors (Lipinski definition) is 3. The maximum Gasteiger partial charge on any atom is 0.324 e. The van der Waals surface area contributed by atoms with E-state index < -0.39 is 47.1 Å². The number of phenolic OH excluding ortho intramolecular Hbond substituents is 1. The average molecular weight is 932 g/mol. The Kier molecular flexibility index (Phi) is 15.4. The Labute approximate surface area is 400 Å². The molecule has 3 aliphatic heterocycles. The van der Waals surface area contributed by atoms with Crippen LogP contribution >= 0.6 is 0 Å². The number of methoxy groups -OCH3 is 1. The van der Waals surface area contributed by atoms with E-state index in [0.717, 1.165) is 51.0 Å². The number of nitrogens with zero attached hydrogens (tertiary/aromatic N) is 5. The second-order valence-corrected chi connectivity index (χ2v) is 19.8. The fourth-order valence-corrected chi connectivity index (χ4v) is 10.2. The first-order valence-electron chi connectivity index (χ1n) is 24.1. The number of aryl methyl sites for hydroxylation is 1. The fraction of sp³-hybridized carbons (Fsp3) is 0.509. The van der Waals surface area contributed by atoms with Crippen LogP contribution in [0.3, 0.4) is 0 Å². The molecule has 0 aliphatic carbocycles. The normalized spacial score (nSPS) is 20.7. The lowest BCUT2D eigenvalue weighted by molar-refractivity contribution is -0.155. The number of carbonyl (C=O) groups is 5. The number of hydrazine groups is 1. The van der Waals surface area contributed by atoms with E-state index in [1.807, 2.05) is 32.0 Å². The highest BCUT2D eigenvalue weighted by Gasteiger charge is 2.38. The highest BCUT2D eigenvalue weighted by atomic mass is 16.5. The highest BCUT2D eigenvalue weighted by molar-refractivity contribution is 5.96. The van der Waals surface area contributed by atoms with E-state index in [1.54, 1.807) is 42.3 Å². The van der Waals surface area contributed by atoms with Gasteiger partial charge in [0, 0.05) is 81.4 Å². The van der Waals surface area contributed by atoms with Gasteiger partial charge in [0.05, 0.1) is 35.9 Å². The number of benzene rings is 2. The van der Waals surface area contributed by atoms with Crippen molar-refractivity contribution in [3.05, 3.63) is 84.2 Å². The Balaban J connectivity index is 1.28. The van der Waals surface area contributed by atoms with Gasteiger partial charge in [-0.1, -0.05) is 53.3 Å². The number of ether oxygens (including phenoxy) is 2. The van der Waals surface area contributed by atoms with Crippen LogP contribution in [0.5, 0.6) is 5.75 Å². The molecule has 6 bridgehead atoms. The summed E-state index contributed by atoms with van der Waals surface area (Å²) < 4.78 is 14.4. The maximum atomic E-state index is 14.7. The van der Waals surface area contributed by atoms with E-state index in [-0.39, 0.29) is 55.7 Å². The van der Waals surface area contributed by atoms with Gasteiger partial charge in [-0.2, -0.15) is 0 Å². The molecule has 1 unspecified atom stereocenters. The third-order valence-electron chi connectivity index (χ3n) is 13.9. The SMILES string of the molecule is C=CC(=O)N1CC[C@H](C(=O)N(C)CC(C(=O)N[C@H]2Cc3cc(O)cc(c3)-c3ccc4c(c3)c(c(-c3cccnc3[C@H](CC)OC)n4CC)CC(C)(C)COC(=O)[C@@H]3CCCN(N3)C2=O)C(C)C)C1. The number of phenols is 1. The average Bonchev–Trinajstić information content (AvgIpc) is 3.94. The lowest BCUT2D eigenvalue weighted by Crippen LogP contribution is -2.61. The first-order valence-corrected chi connectivity index (χ1v) is 24.1. The number of hydrogen-bond acceptors (Lipinski definition) is 10. The largest absolute Gasteiger partial charge is 0.508 e. The summed E-state index contributed by atoms with van der Waals surface area (Å²) in [5, 5.41) is 16.8. The Morgan fingerprint density at radius 2 is 1.87 bits per heavy atom. The quantitative estimate of drug-likeness (QED) is 0.104. The molecule has 15 heteroatoms. The zero-order valence-corrected chi connectivity index (χ0v) is 41.0. The highest BCUT2D eigenvalue weighted by Crippen LogP contribution is 2.42. The molecule has 4 amide bonds. The van der Waals surface area contributed by atoms with Crippen molar-refractivity contribution in [3.63, 3.8) is 0 Å². The number of fused-ring (bicyclic) bond motifs is 6. The van der Waals surface area contributed by atoms with E-state index in [4.69, 9.17) is 14.5 Å². The monoisotopic (exact) mass is 932 g/mol. The van der Waals surface area contributed by atoms with E-state index in [0.29, 0.717) is 50.9 Å². The Bertz CT molecular complexity index is 2550. The first kappa shape index (κ1) is 49.8. The van der Waals surface area contributed by atoms with Crippen LogP contribution < -0.4 is 10.7 Å². The lowest BCUT2D eigenvalue weighted by atomic mass is 9.84. The lowest BCUT2D eigenvalue weighted by Gasteiger charge is -2.36. The molecule has 3 N–H and O–H groups in total. The van der Waals surface area contributed by atoms with E-state index in [9.17, 15) is 29.1 Å². The summed E-state index contributed by atoms with van der Waals surface area (Å²) in [4.78, 5) is 77.1. The minimum atomic E-state index is -1.12. The topological polar surface area (TPSA) is 176 Å². The number of amides is 4. The number of cyclic esters (lactones) is 1. The zero-order chi connectivity index (χ0) is 49.0.